The van der Waals surface area contributed by atoms with Crippen LogP contribution in [0.3, 0.4) is 0 Å². The molecule has 0 atom stereocenters. The second-order valence-electron chi connectivity index (χ2n) is 10.0. The van der Waals surface area contributed by atoms with Crippen LogP contribution in [0.5, 0.6) is 5.75 Å². The largest absolute Gasteiger partial charge is 0.490 e. The molecule has 2 N–H and O–H groups in total. The Morgan fingerprint density at radius 1 is 1.05 bits per heavy atom. The molecule has 4 rings (SSSR count). The molecule has 38 heavy (non-hydrogen) atoms. The number of carbonyl (C=O) groups excluding carboxylic acids is 1. The van der Waals surface area contributed by atoms with Gasteiger partial charge in [-0.25, -0.2) is 9.18 Å². The van der Waals surface area contributed by atoms with Gasteiger partial charge in [0.25, 0.3) is 0 Å². The van der Waals surface area contributed by atoms with Crippen LogP contribution in [0.1, 0.15) is 44.1 Å². The summed E-state index contributed by atoms with van der Waals surface area (Å²) in [5.41, 5.74) is 1.66. The van der Waals surface area contributed by atoms with Crippen molar-refractivity contribution in [1.82, 2.24) is 10.1 Å². The first-order chi connectivity index (χ1) is 18.3. The molecule has 2 heterocycles. The van der Waals surface area contributed by atoms with Gasteiger partial charge in [-0.2, -0.15) is 0 Å². The average Bonchev–Trinajstić information content (AvgIpc) is 3.37. The van der Waals surface area contributed by atoms with Crippen LogP contribution in [0, 0.1) is 17.7 Å². The highest BCUT2D eigenvalue weighted by atomic mass is 19.1. The van der Waals surface area contributed by atoms with Gasteiger partial charge in [-0.05, 0) is 48.9 Å². The van der Waals surface area contributed by atoms with Crippen LogP contribution in [-0.2, 0) is 10.2 Å². The number of anilines is 2. The molecule has 2 aromatic carbocycles. The van der Waals surface area contributed by atoms with Crippen molar-refractivity contribution < 1.29 is 23.2 Å². The van der Waals surface area contributed by atoms with Gasteiger partial charge in [-0.1, -0.05) is 37.8 Å². The summed E-state index contributed by atoms with van der Waals surface area (Å²) in [6.45, 7) is 10.7. The summed E-state index contributed by atoms with van der Waals surface area (Å²) in [5.74, 6) is 6.78. The van der Waals surface area contributed by atoms with Crippen LogP contribution in [0.25, 0.3) is 0 Å². The molecule has 0 aliphatic carbocycles. The molecule has 0 radical (unpaired) electrons. The van der Waals surface area contributed by atoms with Crippen molar-refractivity contribution in [2.24, 2.45) is 0 Å². The smallest absolute Gasteiger partial charge is 0.324 e. The maximum Gasteiger partial charge on any atom is 0.324 e. The molecule has 0 saturated carbocycles. The molecule has 0 unspecified atom stereocenters. The van der Waals surface area contributed by atoms with E-state index in [1.165, 1.54) is 6.07 Å². The Balaban J connectivity index is 1.24. The number of hydrogen-bond acceptors (Lipinski definition) is 6. The third-order valence-corrected chi connectivity index (χ3v) is 5.90. The fourth-order valence-electron chi connectivity index (χ4n) is 3.74. The lowest BCUT2D eigenvalue weighted by molar-refractivity contribution is 0.0357. The van der Waals surface area contributed by atoms with Crippen LogP contribution < -0.4 is 15.4 Å². The quantitative estimate of drug-likeness (QED) is 0.327. The molecule has 200 valence electrons. The van der Waals surface area contributed by atoms with Crippen LogP contribution >= 0.6 is 0 Å². The summed E-state index contributed by atoms with van der Waals surface area (Å²) in [7, 11) is 0. The van der Waals surface area contributed by atoms with Crippen molar-refractivity contribution in [3.8, 4) is 17.6 Å². The Morgan fingerprint density at radius 3 is 2.45 bits per heavy atom. The highest BCUT2D eigenvalue weighted by Gasteiger charge is 2.20. The number of ether oxygens (including phenoxy) is 2. The van der Waals surface area contributed by atoms with Crippen molar-refractivity contribution in [2.75, 3.05) is 50.1 Å². The molecule has 1 fully saturated rings. The number of morpholine rings is 1. The zero-order valence-corrected chi connectivity index (χ0v) is 22.0. The fraction of sp³-hybridized carbons (Fsp3) is 0.379. The maximum atomic E-state index is 14.5. The van der Waals surface area contributed by atoms with E-state index < -0.39 is 11.8 Å². The third kappa shape index (κ3) is 8.07. The first-order valence-electron chi connectivity index (χ1n) is 12.7. The molecule has 0 bridgehead atoms. The molecule has 1 aromatic heterocycles. The highest BCUT2D eigenvalue weighted by molar-refractivity contribution is 5.99. The number of carbonyl (C=O) groups is 1. The van der Waals surface area contributed by atoms with Gasteiger partial charge in [0.1, 0.15) is 5.76 Å². The van der Waals surface area contributed by atoms with E-state index in [0.29, 0.717) is 29.4 Å². The average molecular weight is 521 g/mol. The minimum Gasteiger partial charge on any atom is -0.490 e. The Labute approximate surface area is 222 Å². The summed E-state index contributed by atoms with van der Waals surface area (Å²) >= 11 is 0. The Kier molecular flexibility index (Phi) is 9.00. The summed E-state index contributed by atoms with van der Waals surface area (Å²) in [6.07, 6.45) is 0.825. The van der Waals surface area contributed by atoms with Crippen LogP contribution in [0.15, 0.2) is 53.1 Å². The SMILES string of the molecule is CC(C)(C)c1cc(NC(=O)Nc2ccc(C#Cc3ccc(OCCCN4CCOCC4)c(F)c3)cc2)no1. The first-order valence-corrected chi connectivity index (χ1v) is 12.7. The second kappa shape index (κ2) is 12.6. The molecule has 2 amide bonds. The van der Waals surface area contributed by atoms with Crippen molar-refractivity contribution in [2.45, 2.75) is 32.6 Å². The van der Waals surface area contributed by atoms with Crippen LogP contribution in [0.2, 0.25) is 0 Å². The molecule has 1 aliphatic heterocycles. The Bertz CT molecular complexity index is 1280. The summed E-state index contributed by atoms with van der Waals surface area (Å²) in [4.78, 5) is 14.6. The third-order valence-electron chi connectivity index (χ3n) is 5.90. The fourth-order valence-corrected chi connectivity index (χ4v) is 3.74. The zero-order chi connectivity index (χ0) is 27.0. The summed E-state index contributed by atoms with van der Waals surface area (Å²) < 4.78 is 30.7. The predicted molar refractivity (Wildman–Crippen MR) is 144 cm³/mol. The van der Waals surface area contributed by atoms with E-state index in [1.807, 2.05) is 20.8 Å². The highest BCUT2D eigenvalue weighted by Crippen LogP contribution is 2.24. The number of halogens is 1. The van der Waals surface area contributed by atoms with E-state index in [9.17, 15) is 9.18 Å². The van der Waals surface area contributed by atoms with Crippen LogP contribution in [-0.4, -0.2) is 55.5 Å². The standard InChI is InChI=1S/C29H33FN4O4/c1-29(2,3)26-20-27(33-38-26)32-28(35)31-23-10-7-21(8-11-23)5-6-22-9-12-25(24(30)19-22)37-16-4-13-34-14-17-36-18-15-34/h7-12,19-20H,4,13-18H2,1-3H3,(H2,31,32,33,35). The van der Waals surface area contributed by atoms with E-state index in [1.54, 1.807) is 42.5 Å². The minimum absolute atomic E-state index is 0.203. The molecule has 0 spiro atoms. The summed E-state index contributed by atoms with van der Waals surface area (Å²) in [5, 5.41) is 9.26. The molecular weight excluding hydrogens is 487 g/mol. The van der Waals surface area contributed by atoms with Crippen molar-refractivity contribution >= 4 is 17.5 Å². The van der Waals surface area contributed by atoms with E-state index in [0.717, 1.165) is 44.8 Å². The number of aromatic nitrogens is 1. The number of rotatable bonds is 7. The van der Waals surface area contributed by atoms with Gasteiger partial charge < -0.3 is 19.3 Å². The summed E-state index contributed by atoms with van der Waals surface area (Å²) in [6, 6.07) is 13.0. The van der Waals surface area contributed by atoms with E-state index in [2.05, 4.69) is 32.5 Å². The lowest BCUT2D eigenvalue weighted by Gasteiger charge is -2.26. The van der Waals surface area contributed by atoms with Crippen molar-refractivity contribution in [3.05, 3.63) is 71.2 Å². The number of nitrogens with zero attached hydrogens (tertiary/aromatic N) is 2. The molecule has 1 saturated heterocycles. The van der Waals surface area contributed by atoms with Crippen molar-refractivity contribution in [3.63, 3.8) is 0 Å². The monoisotopic (exact) mass is 520 g/mol. The predicted octanol–water partition coefficient (Wildman–Crippen LogP) is 5.26. The lowest BCUT2D eigenvalue weighted by Crippen LogP contribution is -2.37. The van der Waals surface area contributed by atoms with Gasteiger partial charge in [0.2, 0.25) is 0 Å². The second-order valence-corrected chi connectivity index (χ2v) is 10.0. The molecule has 9 heteroatoms. The molecule has 3 aromatic rings. The topological polar surface area (TPSA) is 88.9 Å². The Morgan fingerprint density at radius 2 is 1.76 bits per heavy atom. The van der Waals surface area contributed by atoms with Gasteiger partial charge in [0.15, 0.2) is 17.4 Å². The van der Waals surface area contributed by atoms with E-state index >= 15 is 0 Å². The first kappa shape index (κ1) is 27.2. The molecule has 8 nitrogen and oxygen atoms in total. The van der Waals surface area contributed by atoms with Gasteiger partial charge >= 0.3 is 6.03 Å². The van der Waals surface area contributed by atoms with E-state index in [-0.39, 0.29) is 11.2 Å². The van der Waals surface area contributed by atoms with Crippen molar-refractivity contribution in [1.29, 1.82) is 0 Å². The van der Waals surface area contributed by atoms with E-state index in [4.69, 9.17) is 14.0 Å². The number of hydrogen-bond donors (Lipinski definition) is 2. The zero-order valence-electron chi connectivity index (χ0n) is 22.0. The van der Waals surface area contributed by atoms with Gasteiger partial charge in [-0.15, -0.1) is 0 Å². The van der Waals surface area contributed by atoms with Gasteiger partial charge in [-0.3, -0.25) is 10.2 Å². The molecule has 1 aliphatic rings. The molecular formula is C29H33FN4O4. The Hall–Kier alpha value is -3.87. The van der Waals surface area contributed by atoms with Crippen LogP contribution in [0.4, 0.5) is 20.7 Å². The normalized spacial score (nSPS) is 13.9. The number of amides is 2. The maximum absolute atomic E-state index is 14.5. The van der Waals surface area contributed by atoms with Gasteiger partial charge in [0, 0.05) is 47.9 Å². The number of benzene rings is 2. The lowest BCUT2D eigenvalue weighted by atomic mass is 9.93. The minimum atomic E-state index is -0.435. The number of urea groups is 1. The number of nitrogens with one attached hydrogen (secondary N) is 2. The van der Waals surface area contributed by atoms with Gasteiger partial charge in [0.05, 0.1) is 19.8 Å².